The van der Waals surface area contributed by atoms with Crippen LogP contribution in [0.15, 0.2) is 64.8 Å². The van der Waals surface area contributed by atoms with Gasteiger partial charge in [0, 0.05) is 0 Å². The molecule has 2 rings (SSSR count). The van der Waals surface area contributed by atoms with Crippen LogP contribution in [0, 0.1) is 0 Å². The van der Waals surface area contributed by atoms with Gasteiger partial charge in [-0.25, -0.2) is 0 Å². The molecule has 0 spiro atoms. The molecule has 19 heavy (non-hydrogen) atoms. The first-order valence-corrected chi connectivity index (χ1v) is 5.70. The van der Waals surface area contributed by atoms with Crippen molar-refractivity contribution >= 4 is 23.7 Å². The van der Waals surface area contributed by atoms with E-state index in [1.165, 1.54) is 6.08 Å². The Morgan fingerprint density at radius 3 is 1.89 bits per heavy atom. The van der Waals surface area contributed by atoms with Gasteiger partial charge in [0.1, 0.15) is 12.0 Å². The summed E-state index contributed by atoms with van der Waals surface area (Å²) in [6, 6.07) is 13.8. The van der Waals surface area contributed by atoms with Gasteiger partial charge in [-0.1, -0.05) is 18.2 Å². The standard InChI is InChI=1S/C15H12N2O2/c18-11-1-2-12-3-5-13(6-4-12)16-17-14-7-9-15(19)10-8-14/h1-11,19H/b2-1+,17-16?. The third-order valence-electron chi connectivity index (χ3n) is 2.39. The molecule has 2 aromatic carbocycles. The molecule has 1 N–H and O–H groups in total. The zero-order valence-electron chi connectivity index (χ0n) is 10.1. The Morgan fingerprint density at radius 2 is 1.37 bits per heavy atom. The molecule has 4 heteroatoms. The number of allylic oxidation sites excluding steroid dienone is 1. The van der Waals surface area contributed by atoms with E-state index in [4.69, 9.17) is 5.11 Å². The minimum Gasteiger partial charge on any atom is -0.508 e. The molecule has 94 valence electrons. The summed E-state index contributed by atoms with van der Waals surface area (Å²) in [5.41, 5.74) is 2.31. The van der Waals surface area contributed by atoms with Crippen molar-refractivity contribution in [2.75, 3.05) is 0 Å². The molecule has 0 heterocycles. The second-order valence-electron chi connectivity index (χ2n) is 3.80. The van der Waals surface area contributed by atoms with Gasteiger partial charge in [-0.3, -0.25) is 4.79 Å². The van der Waals surface area contributed by atoms with Gasteiger partial charge in [0.2, 0.25) is 0 Å². The molecule has 0 fully saturated rings. The van der Waals surface area contributed by atoms with Crippen molar-refractivity contribution in [2.45, 2.75) is 0 Å². The van der Waals surface area contributed by atoms with Crippen molar-refractivity contribution in [1.82, 2.24) is 0 Å². The van der Waals surface area contributed by atoms with Gasteiger partial charge in [-0.15, -0.1) is 0 Å². The Balaban J connectivity index is 2.08. The number of phenolic OH excluding ortho intramolecular Hbond substituents is 1. The molecular weight excluding hydrogens is 240 g/mol. The van der Waals surface area contributed by atoms with Crippen LogP contribution in [0.3, 0.4) is 0 Å². The average Bonchev–Trinajstić information content (AvgIpc) is 2.46. The summed E-state index contributed by atoms with van der Waals surface area (Å²) in [6.07, 6.45) is 3.89. The van der Waals surface area contributed by atoms with E-state index in [0.717, 1.165) is 17.5 Å². The van der Waals surface area contributed by atoms with Crippen LogP contribution in [0.1, 0.15) is 5.56 Å². The van der Waals surface area contributed by atoms with Crippen LogP contribution in [0.5, 0.6) is 5.75 Å². The summed E-state index contributed by atoms with van der Waals surface area (Å²) in [6.45, 7) is 0. The number of benzene rings is 2. The molecule has 0 aliphatic carbocycles. The first-order valence-electron chi connectivity index (χ1n) is 5.70. The van der Waals surface area contributed by atoms with Crippen molar-refractivity contribution in [3.63, 3.8) is 0 Å². The van der Waals surface area contributed by atoms with Gasteiger partial charge < -0.3 is 5.11 Å². The predicted octanol–water partition coefficient (Wildman–Crippen LogP) is 4.02. The number of aromatic hydroxyl groups is 1. The van der Waals surface area contributed by atoms with Gasteiger partial charge in [0.25, 0.3) is 0 Å². The molecule has 2 aromatic rings. The third kappa shape index (κ3) is 3.89. The van der Waals surface area contributed by atoms with Crippen molar-refractivity contribution in [3.8, 4) is 5.75 Å². The van der Waals surface area contributed by atoms with Gasteiger partial charge in [0.05, 0.1) is 11.4 Å². The number of hydrogen-bond donors (Lipinski definition) is 1. The highest BCUT2D eigenvalue weighted by molar-refractivity contribution is 5.74. The van der Waals surface area contributed by atoms with Gasteiger partial charge in [-0.05, 0) is 48.0 Å². The summed E-state index contributed by atoms with van der Waals surface area (Å²) in [5, 5.41) is 17.3. The summed E-state index contributed by atoms with van der Waals surface area (Å²) < 4.78 is 0. The molecule has 4 nitrogen and oxygen atoms in total. The minimum absolute atomic E-state index is 0.199. The normalized spacial score (nSPS) is 11.2. The van der Waals surface area contributed by atoms with Gasteiger partial charge in [-0.2, -0.15) is 10.2 Å². The molecule has 0 aliphatic heterocycles. The number of carbonyl (C=O) groups excluding carboxylic acids is 1. The first kappa shape index (κ1) is 12.7. The molecule has 0 saturated carbocycles. The second-order valence-corrected chi connectivity index (χ2v) is 3.80. The summed E-state index contributed by atoms with van der Waals surface area (Å²) in [4.78, 5) is 10.2. The maximum absolute atomic E-state index is 10.2. The molecule has 0 amide bonds. The maximum Gasteiger partial charge on any atom is 0.142 e. The van der Waals surface area contributed by atoms with E-state index in [9.17, 15) is 4.79 Å². The Hall–Kier alpha value is -2.75. The van der Waals surface area contributed by atoms with Crippen LogP contribution in [0.2, 0.25) is 0 Å². The first-order chi connectivity index (χ1) is 9.28. The highest BCUT2D eigenvalue weighted by Gasteiger charge is 1.92. The fourth-order valence-corrected chi connectivity index (χ4v) is 1.44. The van der Waals surface area contributed by atoms with Crippen LogP contribution < -0.4 is 0 Å². The van der Waals surface area contributed by atoms with E-state index in [0.29, 0.717) is 5.69 Å². The van der Waals surface area contributed by atoms with E-state index in [-0.39, 0.29) is 5.75 Å². The quantitative estimate of drug-likeness (QED) is 0.507. The lowest BCUT2D eigenvalue weighted by molar-refractivity contribution is -0.104. The highest BCUT2D eigenvalue weighted by Crippen LogP contribution is 2.20. The number of carbonyl (C=O) groups is 1. The topological polar surface area (TPSA) is 62.0 Å². The van der Waals surface area contributed by atoms with Crippen molar-refractivity contribution < 1.29 is 9.90 Å². The van der Waals surface area contributed by atoms with Crippen LogP contribution in [0.25, 0.3) is 6.08 Å². The number of phenols is 1. The second kappa shape index (κ2) is 6.26. The fraction of sp³-hybridized carbons (Fsp3) is 0. The summed E-state index contributed by atoms with van der Waals surface area (Å²) >= 11 is 0. The van der Waals surface area contributed by atoms with E-state index in [1.807, 2.05) is 24.3 Å². The summed E-state index contributed by atoms with van der Waals surface area (Å²) in [7, 11) is 0. The molecular formula is C15H12N2O2. The minimum atomic E-state index is 0.199. The highest BCUT2D eigenvalue weighted by atomic mass is 16.3. The zero-order chi connectivity index (χ0) is 13.5. The number of rotatable bonds is 4. The lowest BCUT2D eigenvalue weighted by atomic mass is 10.2. The molecule has 0 aliphatic rings. The molecule has 0 aromatic heterocycles. The predicted molar refractivity (Wildman–Crippen MR) is 73.8 cm³/mol. The molecule has 0 radical (unpaired) electrons. The Morgan fingerprint density at radius 1 is 0.842 bits per heavy atom. The number of nitrogens with zero attached hydrogens (tertiary/aromatic N) is 2. The van der Waals surface area contributed by atoms with E-state index >= 15 is 0 Å². The SMILES string of the molecule is O=C/C=C/c1ccc(N=Nc2ccc(O)cc2)cc1. The van der Waals surface area contributed by atoms with Gasteiger partial charge in [0.15, 0.2) is 0 Å². The van der Waals surface area contributed by atoms with Crippen LogP contribution >= 0.6 is 0 Å². The molecule has 0 unspecified atom stereocenters. The molecule has 0 bridgehead atoms. The maximum atomic E-state index is 10.2. The Kier molecular flexibility index (Phi) is 4.18. The van der Waals surface area contributed by atoms with E-state index < -0.39 is 0 Å². The van der Waals surface area contributed by atoms with Crippen LogP contribution in [-0.4, -0.2) is 11.4 Å². The summed E-state index contributed by atoms with van der Waals surface area (Å²) in [5.74, 6) is 0.199. The van der Waals surface area contributed by atoms with Crippen LogP contribution in [0.4, 0.5) is 11.4 Å². The van der Waals surface area contributed by atoms with Crippen molar-refractivity contribution in [1.29, 1.82) is 0 Å². The lowest BCUT2D eigenvalue weighted by Gasteiger charge is -1.95. The Bertz CT molecular complexity index is 599. The lowest BCUT2D eigenvalue weighted by Crippen LogP contribution is -1.71. The number of hydrogen-bond acceptors (Lipinski definition) is 4. The number of aldehydes is 1. The molecule has 0 atom stereocenters. The number of azo groups is 1. The molecule has 0 saturated heterocycles. The van der Waals surface area contributed by atoms with Crippen molar-refractivity contribution in [2.24, 2.45) is 10.2 Å². The monoisotopic (exact) mass is 252 g/mol. The zero-order valence-corrected chi connectivity index (χ0v) is 10.1. The Labute approximate surface area is 110 Å². The smallest absolute Gasteiger partial charge is 0.142 e. The van der Waals surface area contributed by atoms with Gasteiger partial charge >= 0.3 is 0 Å². The fourth-order valence-electron chi connectivity index (χ4n) is 1.44. The van der Waals surface area contributed by atoms with Crippen LogP contribution in [-0.2, 0) is 4.79 Å². The van der Waals surface area contributed by atoms with Crippen molar-refractivity contribution in [3.05, 3.63) is 60.2 Å². The largest absolute Gasteiger partial charge is 0.508 e. The average molecular weight is 252 g/mol. The third-order valence-corrected chi connectivity index (χ3v) is 2.39. The van der Waals surface area contributed by atoms with E-state index in [1.54, 1.807) is 30.3 Å². The van der Waals surface area contributed by atoms with E-state index in [2.05, 4.69) is 10.2 Å².